The molecule has 206 valence electrons. The third-order valence-electron chi connectivity index (χ3n) is 7.54. The van der Waals surface area contributed by atoms with Crippen LogP contribution in [0.3, 0.4) is 0 Å². The number of benzene rings is 1. The van der Waals surface area contributed by atoms with E-state index < -0.39 is 0 Å². The van der Waals surface area contributed by atoms with Crippen molar-refractivity contribution in [1.82, 2.24) is 34.9 Å². The molecule has 1 atom stereocenters. The highest BCUT2D eigenvalue weighted by Gasteiger charge is 2.35. The largest absolute Gasteiger partial charge is 0.378 e. The van der Waals surface area contributed by atoms with E-state index in [-0.39, 0.29) is 24.3 Å². The van der Waals surface area contributed by atoms with Crippen LogP contribution in [-0.4, -0.2) is 86.7 Å². The van der Waals surface area contributed by atoms with Crippen LogP contribution < -0.4 is 10.6 Å². The molecule has 0 aliphatic carbocycles. The quantitative estimate of drug-likeness (QED) is 0.478. The lowest BCUT2D eigenvalue weighted by atomic mass is 9.96. The molecular formula is C28H36N8O3. The molecule has 5 heterocycles. The fourth-order valence-electron chi connectivity index (χ4n) is 5.40. The summed E-state index contributed by atoms with van der Waals surface area (Å²) < 4.78 is 13.1. The number of aryl methyl sites for hydroxylation is 1. The molecule has 39 heavy (non-hydrogen) atoms. The van der Waals surface area contributed by atoms with Crippen molar-refractivity contribution >= 4 is 17.7 Å². The Morgan fingerprint density at radius 2 is 2.05 bits per heavy atom. The first-order valence-corrected chi connectivity index (χ1v) is 13.7. The van der Waals surface area contributed by atoms with Gasteiger partial charge in [0.05, 0.1) is 68.2 Å². The maximum Gasteiger partial charge on any atom is 0.318 e. The number of amides is 2. The Morgan fingerprint density at radius 3 is 2.77 bits per heavy atom. The average molecular weight is 533 g/mol. The number of ether oxygens (including phenoxy) is 2. The van der Waals surface area contributed by atoms with E-state index in [4.69, 9.17) is 14.5 Å². The van der Waals surface area contributed by atoms with Gasteiger partial charge in [-0.3, -0.25) is 9.58 Å². The van der Waals surface area contributed by atoms with Gasteiger partial charge < -0.3 is 25.0 Å². The molecule has 0 saturated carbocycles. The number of anilines is 2. The highest BCUT2D eigenvalue weighted by molar-refractivity contribution is 5.76. The zero-order valence-corrected chi connectivity index (χ0v) is 22.7. The van der Waals surface area contributed by atoms with Crippen molar-refractivity contribution in [3.8, 4) is 11.3 Å². The Hall–Kier alpha value is -3.54. The molecule has 1 unspecified atom stereocenters. The van der Waals surface area contributed by atoms with Crippen LogP contribution in [0.4, 0.5) is 16.4 Å². The van der Waals surface area contributed by atoms with Gasteiger partial charge in [0.2, 0.25) is 5.95 Å². The predicted octanol–water partition coefficient (Wildman–Crippen LogP) is 3.09. The molecule has 0 radical (unpaired) electrons. The normalized spacial score (nSPS) is 20.2. The van der Waals surface area contributed by atoms with Crippen molar-refractivity contribution in [3.63, 3.8) is 0 Å². The summed E-state index contributed by atoms with van der Waals surface area (Å²) in [6.07, 6.45) is 6.52. The molecule has 6 rings (SSSR count). The first-order chi connectivity index (χ1) is 18.9. The van der Waals surface area contributed by atoms with Gasteiger partial charge in [-0.1, -0.05) is 12.1 Å². The van der Waals surface area contributed by atoms with E-state index in [2.05, 4.69) is 43.8 Å². The van der Waals surface area contributed by atoms with Gasteiger partial charge in [-0.25, -0.2) is 14.8 Å². The van der Waals surface area contributed by atoms with Crippen molar-refractivity contribution in [2.75, 3.05) is 38.2 Å². The Morgan fingerprint density at radius 1 is 1.21 bits per heavy atom. The SMILES string of the molecule is CC(C)OC1CN(C(=O)NC2CCN(C3COC3)Cc3cc(-c4ccnc(Nc5cnn(C)c5)n4)ccc32)C1. The third kappa shape index (κ3) is 5.75. The van der Waals surface area contributed by atoms with E-state index in [1.54, 1.807) is 17.1 Å². The van der Waals surface area contributed by atoms with Gasteiger partial charge in [-0.15, -0.1) is 0 Å². The van der Waals surface area contributed by atoms with Crippen LogP contribution in [0.5, 0.6) is 0 Å². The number of carbonyl (C=O) groups excluding carboxylic acids is 1. The molecule has 1 aromatic carbocycles. The summed E-state index contributed by atoms with van der Waals surface area (Å²) in [5.41, 5.74) is 5.04. The lowest BCUT2D eigenvalue weighted by Gasteiger charge is -2.40. The fraction of sp³-hybridized carbons (Fsp3) is 0.500. The van der Waals surface area contributed by atoms with Crippen LogP contribution in [0.25, 0.3) is 11.3 Å². The van der Waals surface area contributed by atoms with Gasteiger partial charge in [0.15, 0.2) is 0 Å². The number of hydrogen-bond donors (Lipinski definition) is 2. The smallest absolute Gasteiger partial charge is 0.318 e. The molecule has 11 heteroatoms. The molecule has 2 fully saturated rings. The second-order valence-corrected chi connectivity index (χ2v) is 10.9. The first kappa shape index (κ1) is 25.7. The second-order valence-electron chi connectivity index (χ2n) is 10.9. The topological polar surface area (TPSA) is 110 Å². The Balaban J connectivity index is 1.22. The molecule has 2 saturated heterocycles. The Labute approximate surface area is 228 Å². The number of urea groups is 1. The van der Waals surface area contributed by atoms with Gasteiger partial charge in [-0.2, -0.15) is 5.10 Å². The summed E-state index contributed by atoms with van der Waals surface area (Å²) in [6, 6.07) is 8.68. The van der Waals surface area contributed by atoms with Crippen molar-refractivity contribution in [2.45, 2.75) is 51.1 Å². The Kier molecular flexibility index (Phi) is 7.20. The minimum Gasteiger partial charge on any atom is -0.378 e. The number of aromatic nitrogens is 4. The summed E-state index contributed by atoms with van der Waals surface area (Å²) in [5, 5.41) is 10.7. The van der Waals surface area contributed by atoms with Crippen molar-refractivity contribution in [1.29, 1.82) is 0 Å². The maximum atomic E-state index is 13.1. The van der Waals surface area contributed by atoms with Gasteiger partial charge in [0, 0.05) is 38.1 Å². The van der Waals surface area contributed by atoms with E-state index in [9.17, 15) is 4.79 Å². The lowest BCUT2D eigenvalue weighted by molar-refractivity contribution is -0.0683. The van der Waals surface area contributed by atoms with Crippen LogP contribution >= 0.6 is 0 Å². The molecule has 0 spiro atoms. The third-order valence-corrected chi connectivity index (χ3v) is 7.54. The Bertz CT molecular complexity index is 1320. The summed E-state index contributed by atoms with van der Waals surface area (Å²) in [5.74, 6) is 0.517. The van der Waals surface area contributed by atoms with E-state index in [0.717, 1.165) is 55.2 Å². The summed E-state index contributed by atoms with van der Waals surface area (Å²) in [7, 11) is 1.87. The van der Waals surface area contributed by atoms with Gasteiger partial charge in [0.1, 0.15) is 0 Å². The monoisotopic (exact) mass is 532 g/mol. The molecule has 3 aliphatic rings. The molecule has 0 bridgehead atoms. The van der Waals surface area contributed by atoms with E-state index in [0.29, 0.717) is 25.1 Å². The van der Waals surface area contributed by atoms with Crippen molar-refractivity contribution in [2.24, 2.45) is 7.05 Å². The molecule has 3 aromatic rings. The molecule has 2 aromatic heterocycles. The van der Waals surface area contributed by atoms with Crippen LogP contribution in [-0.2, 0) is 23.1 Å². The predicted molar refractivity (Wildman–Crippen MR) is 146 cm³/mol. The minimum absolute atomic E-state index is 0.0269. The number of rotatable bonds is 7. The van der Waals surface area contributed by atoms with Crippen molar-refractivity contribution in [3.05, 3.63) is 54.0 Å². The number of carbonyl (C=O) groups is 1. The summed E-state index contributed by atoms with van der Waals surface area (Å²) in [6.45, 7) is 8.54. The number of nitrogens with zero attached hydrogens (tertiary/aromatic N) is 6. The van der Waals surface area contributed by atoms with Crippen LogP contribution in [0.2, 0.25) is 0 Å². The van der Waals surface area contributed by atoms with Crippen LogP contribution in [0.1, 0.15) is 37.4 Å². The van der Waals surface area contributed by atoms with Crippen LogP contribution in [0.15, 0.2) is 42.9 Å². The minimum atomic E-state index is -0.0641. The fourth-order valence-corrected chi connectivity index (χ4v) is 5.40. The number of nitrogens with one attached hydrogen (secondary N) is 2. The number of hydrogen-bond acceptors (Lipinski definition) is 8. The lowest BCUT2D eigenvalue weighted by Crippen LogP contribution is -2.58. The van der Waals surface area contributed by atoms with E-state index in [1.807, 2.05) is 38.1 Å². The zero-order chi connectivity index (χ0) is 26.9. The van der Waals surface area contributed by atoms with Crippen molar-refractivity contribution < 1.29 is 14.3 Å². The van der Waals surface area contributed by atoms with E-state index in [1.165, 1.54) is 5.56 Å². The summed E-state index contributed by atoms with van der Waals surface area (Å²) in [4.78, 5) is 26.5. The highest BCUT2D eigenvalue weighted by atomic mass is 16.5. The molecule has 3 aliphatic heterocycles. The van der Waals surface area contributed by atoms with Gasteiger partial charge >= 0.3 is 6.03 Å². The summed E-state index contributed by atoms with van der Waals surface area (Å²) >= 11 is 0. The molecule has 2 N–H and O–H groups in total. The maximum absolute atomic E-state index is 13.1. The van der Waals surface area contributed by atoms with E-state index >= 15 is 0 Å². The molecule has 11 nitrogen and oxygen atoms in total. The van der Waals surface area contributed by atoms with Crippen LogP contribution in [0, 0.1) is 0 Å². The van der Waals surface area contributed by atoms with Gasteiger partial charge in [-0.05, 0) is 43.5 Å². The number of likely N-dealkylation sites (tertiary alicyclic amines) is 1. The second kappa shape index (κ2) is 10.9. The van der Waals surface area contributed by atoms with Gasteiger partial charge in [0.25, 0.3) is 0 Å². The number of fused-ring (bicyclic) bond motifs is 1. The first-order valence-electron chi connectivity index (χ1n) is 13.7. The highest BCUT2D eigenvalue weighted by Crippen LogP contribution is 2.32. The molecular weight excluding hydrogens is 496 g/mol. The zero-order valence-electron chi connectivity index (χ0n) is 22.7. The standard InChI is InChI=1S/C28H36N8O3/c1-18(2)39-23-14-36(15-23)28(37)33-26-7-9-35(22-16-38-17-22)12-20-10-19(4-5-24(20)26)25-6-8-29-27(32-25)31-21-11-30-34(3)13-21/h4-6,8,10-11,13,18,22-23,26H,7,9,12,14-17H2,1-3H3,(H,33,37)(H,29,31,32). The molecule has 2 amide bonds. The average Bonchev–Trinajstić information content (AvgIpc) is 3.18.